The van der Waals surface area contributed by atoms with Gasteiger partial charge in [-0.2, -0.15) is 13.2 Å². The van der Waals surface area contributed by atoms with E-state index in [1.807, 2.05) is 30.3 Å². The Balaban J connectivity index is 1.41. The fraction of sp³-hybridized carbons (Fsp3) is 0.290. The number of hydrogen-bond donors (Lipinski definition) is 0. The predicted octanol–water partition coefficient (Wildman–Crippen LogP) is 9.10. The molecule has 0 saturated heterocycles. The quantitative estimate of drug-likeness (QED) is 0.158. The predicted molar refractivity (Wildman–Crippen MR) is 138 cm³/mol. The lowest BCUT2D eigenvalue weighted by Gasteiger charge is -2.11. The average Bonchev–Trinajstić information content (AvgIpc) is 2.88. The first-order chi connectivity index (χ1) is 17.3. The van der Waals surface area contributed by atoms with Crippen molar-refractivity contribution in [1.29, 1.82) is 0 Å². The standard InChI is InChI=1S/C31H30F4O/c1-2-3-4-5-22-6-11-24(12-7-22)26-16-19-29-27(20-26)15-14-25(30(29)32)13-8-23-9-17-28(18-10-23)36-21-31(33,34)35/h6-7,9-12,14-20H,2-5,8,13,21H2,1H3. The van der Waals surface area contributed by atoms with Crippen LogP contribution in [-0.4, -0.2) is 12.8 Å². The molecule has 36 heavy (non-hydrogen) atoms. The Kier molecular flexibility index (Phi) is 8.29. The van der Waals surface area contributed by atoms with E-state index in [2.05, 4.69) is 31.2 Å². The van der Waals surface area contributed by atoms with Crippen LogP contribution in [-0.2, 0) is 19.3 Å². The van der Waals surface area contributed by atoms with E-state index in [-0.39, 0.29) is 11.6 Å². The van der Waals surface area contributed by atoms with E-state index in [0.29, 0.717) is 23.8 Å². The van der Waals surface area contributed by atoms with Crippen LogP contribution in [0, 0.1) is 5.82 Å². The second kappa shape index (κ2) is 11.6. The fourth-order valence-electron chi connectivity index (χ4n) is 4.35. The van der Waals surface area contributed by atoms with Crippen LogP contribution in [0.1, 0.15) is 42.9 Å². The van der Waals surface area contributed by atoms with Crippen molar-refractivity contribution in [1.82, 2.24) is 0 Å². The van der Waals surface area contributed by atoms with Crippen LogP contribution in [0.5, 0.6) is 5.75 Å². The average molecular weight is 495 g/mol. The third-order valence-corrected chi connectivity index (χ3v) is 6.40. The molecule has 0 spiro atoms. The Morgan fingerprint density at radius 2 is 1.36 bits per heavy atom. The lowest BCUT2D eigenvalue weighted by Crippen LogP contribution is -2.19. The summed E-state index contributed by atoms with van der Waals surface area (Å²) in [4.78, 5) is 0. The highest BCUT2D eigenvalue weighted by Gasteiger charge is 2.28. The van der Waals surface area contributed by atoms with Crippen molar-refractivity contribution in [2.45, 2.75) is 51.6 Å². The molecular weight excluding hydrogens is 464 g/mol. The summed E-state index contributed by atoms with van der Waals surface area (Å²) < 4.78 is 56.9. The van der Waals surface area contributed by atoms with Crippen molar-refractivity contribution in [2.24, 2.45) is 0 Å². The molecule has 5 heteroatoms. The number of unbranched alkanes of at least 4 members (excludes halogenated alkanes) is 2. The normalized spacial score (nSPS) is 11.7. The zero-order valence-corrected chi connectivity index (χ0v) is 20.4. The first-order valence-corrected chi connectivity index (χ1v) is 12.4. The first-order valence-electron chi connectivity index (χ1n) is 12.4. The van der Waals surface area contributed by atoms with Gasteiger partial charge in [0.25, 0.3) is 0 Å². The maximum Gasteiger partial charge on any atom is 0.422 e. The van der Waals surface area contributed by atoms with E-state index in [9.17, 15) is 13.2 Å². The molecule has 4 aromatic rings. The summed E-state index contributed by atoms with van der Waals surface area (Å²) in [5.41, 5.74) is 5.03. The van der Waals surface area contributed by atoms with Gasteiger partial charge in [0.2, 0.25) is 0 Å². The molecule has 0 aromatic heterocycles. The van der Waals surface area contributed by atoms with Crippen molar-refractivity contribution in [3.05, 3.63) is 101 Å². The highest BCUT2D eigenvalue weighted by Crippen LogP contribution is 2.29. The van der Waals surface area contributed by atoms with Gasteiger partial charge in [0.15, 0.2) is 6.61 Å². The summed E-state index contributed by atoms with van der Waals surface area (Å²) >= 11 is 0. The SMILES string of the molecule is CCCCCc1ccc(-c2ccc3c(F)c(CCc4ccc(OCC(F)(F)F)cc4)ccc3c2)cc1. The van der Waals surface area contributed by atoms with Crippen molar-refractivity contribution < 1.29 is 22.3 Å². The van der Waals surface area contributed by atoms with Gasteiger partial charge in [-0.15, -0.1) is 0 Å². The van der Waals surface area contributed by atoms with Crippen LogP contribution < -0.4 is 4.74 Å². The summed E-state index contributed by atoms with van der Waals surface area (Å²) in [7, 11) is 0. The van der Waals surface area contributed by atoms with E-state index >= 15 is 4.39 Å². The third kappa shape index (κ3) is 6.87. The van der Waals surface area contributed by atoms with Gasteiger partial charge in [-0.1, -0.05) is 80.4 Å². The Labute approximate surface area is 209 Å². The highest BCUT2D eigenvalue weighted by molar-refractivity contribution is 5.88. The van der Waals surface area contributed by atoms with Crippen LogP contribution in [0.3, 0.4) is 0 Å². The molecule has 0 heterocycles. The summed E-state index contributed by atoms with van der Waals surface area (Å²) in [5.74, 6) is -0.0645. The number of benzene rings is 4. The fourth-order valence-corrected chi connectivity index (χ4v) is 4.35. The molecule has 0 aliphatic heterocycles. The van der Waals surface area contributed by atoms with Gasteiger partial charge in [-0.05, 0) is 77.1 Å². The molecule has 0 atom stereocenters. The molecule has 0 radical (unpaired) electrons. The second-order valence-electron chi connectivity index (χ2n) is 9.18. The van der Waals surface area contributed by atoms with Gasteiger partial charge in [-0.3, -0.25) is 0 Å². The van der Waals surface area contributed by atoms with Crippen molar-refractivity contribution in [2.75, 3.05) is 6.61 Å². The zero-order chi connectivity index (χ0) is 25.5. The van der Waals surface area contributed by atoms with E-state index < -0.39 is 12.8 Å². The number of alkyl halides is 3. The number of fused-ring (bicyclic) bond motifs is 1. The number of rotatable bonds is 10. The van der Waals surface area contributed by atoms with Crippen molar-refractivity contribution in [3.8, 4) is 16.9 Å². The van der Waals surface area contributed by atoms with Gasteiger partial charge in [0.05, 0.1) is 0 Å². The van der Waals surface area contributed by atoms with E-state index in [4.69, 9.17) is 4.74 Å². The molecule has 0 bridgehead atoms. The van der Waals surface area contributed by atoms with E-state index in [1.54, 1.807) is 12.1 Å². The molecule has 4 rings (SSSR count). The molecule has 0 N–H and O–H groups in total. The number of hydrogen-bond acceptors (Lipinski definition) is 1. The van der Waals surface area contributed by atoms with Gasteiger partial charge < -0.3 is 4.74 Å². The lowest BCUT2D eigenvalue weighted by molar-refractivity contribution is -0.153. The topological polar surface area (TPSA) is 9.23 Å². The second-order valence-corrected chi connectivity index (χ2v) is 9.18. The summed E-state index contributed by atoms with van der Waals surface area (Å²) in [6, 6.07) is 24.6. The van der Waals surface area contributed by atoms with Gasteiger partial charge in [0.1, 0.15) is 11.6 Å². The van der Waals surface area contributed by atoms with Crippen LogP contribution >= 0.6 is 0 Å². The highest BCUT2D eigenvalue weighted by atomic mass is 19.4. The third-order valence-electron chi connectivity index (χ3n) is 6.40. The van der Waals surface area contributed by atoms with E-state index in [1.165, 1.54) is 37.0 Å². The largest absolute Gasteiger partial charge is 0.484 e. The zero-order valence-electron chi connectivity index (χ0n) is 20.4. The molecule has 0 fully saturated rings. The molecule has 0 unspecified atom stereocenters. The van der Waals surface area contributed by atoms with Gasteiger partial charge in [0, 0.05) is 5.39 Å². The number of halogens is 4. The first kappa shape index (κ1) is 25.7. The Bertz CT molecular complexity index is 1280. The molecule has 0 aliphatic carbocycles. The molecular formula is C31H30F4O. The van der Waals surface area contributed by atoms with Gasteiger partial charge >= 0.3 is 6.18 Å². The number of ether oxygens (including phenoxy) is 1. The summed E-state index contributed by atoms with van der Waals surface area (Å²) in [5, 5.41) is 1.44. The molecule has 0 aliphatic rings. The van der Waals surface area contributed by atoms with Crippen LogP contribution in [0.25, 0.3) is 21.9 Å². The van der Waals surface area contributed by atoms with Gasteiger partial charge in [-0.25, -0.2) is 4.39 Å². The smallest absolute Gasteiger partial charge is 0.422 e. The van der Waals surface area contributed by atoms with Crippen molar-refractivity contribution in [3.63, 3.8) is 0 Å². The molecule has 0 saturated carbocycles. The molecule has 1 nitrogen and oxygen atoms in total. The Morgan fingerprint density at radius 1 is 0.694 bits per heavy atom. The molecule has 4 aromatic carbocycles. The minimum absolute atomic E-state index is 0.162. The van der Waals surface area contributed by atoms with Crippen LogP contribution in [0.4, 0.5) is 17.6 Å². The Morgan fingerprint density at radius 3 is 2.06 bits per heavy atom. The van der Waals surface area contributed by atoms with Crippen LogP contribution in [0.2, 0.25) is 0 Å². The summed E-state index contributed by atoms with van der Waals surface area (Å²) in [6.45, 7) is 0.886. The van der Waals surface area contributed by atoms with E-state index in [0.717, 1.165) is 28.5 Å². The maximum atomic E-state index is 15.3. The number of aryl methyl sites for hydroxylation is 3. The summed E-state index contributed by atoms with van der Waals surface area (Å²) in [6.07, 6.45) is 1.45. The van der Waals surface area contributed by atoms with Crippen molar-refractivity contribution >= 4 is 10.8 Å². The minimum atomic E-state index is -4.37. The molecule has 0 amide bonds. The Hall–Kier alpha value is -3.34. The van der Waals surface area contributed by atoms with Crippen LogP contribution in [0.15, 0.2) is 78.9 Å². The molecule has 188 valence electrons. The monoisotopic (exact) mass is 494 g/mol. The maximum absolute atomic E-state index is 15.3. The lowest BCUT2D eigenvalue weighted by atomic mass is 9.96. The minimum Gasteiger partial charge on any atom is -0.484 e.